The van der Waals surface area contributed by atoms with E-state index >= 15 is 0 Å². The molecule has 0 aliphatic heterocycles. The molecule has 78 valence electrons. The number of halogens is 1. The summed E-state index contributed by atoms with van der Waals surface area (Å²) >= 11 is 5.62. The summed E-state index contributed by atoms with van der Waals surface area (Å²) in [6.07, 6.45) is 4.15. The maximum Gasteiger partial charge on any atom is 0.288 e. The first-order valence-electron chi connectivity index (χ1n) is 4.61. The molecule has 0 atom stereocenters. The fraction of sp³-hybridized carbons (Fsp3) is 0.600. The first-order chi connectivity index (χ1) is 6.40. The van der Waals surface area contributed by atoms with Crippen LogP contribution in [0.2, 0.25) is 5.15 Å². The minimum Gasteiger partial charge on any atom is -0.311 e. The van der Waals surface area contributed by atoms with Gasteiger partial charge in [-0.3, -0.25) is 4.79 Å². The van der Waals surface area contributed by atoms with Crippen molar-refractivity contribution < 1.29 is 0 Å². The highest BCUT2D eigenvalue weighted by Crippen LogP contribution is 2.18. The van der Waals surface area contributed by atoms with E-state index in [0.29, 0.717) is 6.54 Å². The quantitative estimate of drug-likeness (QED) is 0.758. The third kappa shape index (κ3) is 3.14. The molecule has 0 N–H and O–H groups in total. The van der Waals surface area contributed by atoms with Gasteiger partial charge in [0.25, 0.3) is 5.56 Å². The highest BCUT2D eigenvalue weighted by atomic mass is 35.5. The zero-order valence-corrected chi connectivity index (χ0v) is 9.51. The Kier molecular flexibility index (Phi) is 3.32. The van der Waals surface area contributed by atoms with E-state index in [4.69, 9.17) is 11.6 Å². The van der Waals surface area contributed by atoms with Gasteiger partial charge in [0.2, 0.25) is 0 Å². The molecule has 3 nitrogen and oxygen atoms in total. The predicted molar refractivity (Wildman–Crippen MR) is 57.6 cm³/mol. The summed E-state index contributed by atoms with van der Waals surface area (Å²) in [4.78, 5) is 15.2. The van der Waals surface area contributed by atoms with Gasteiger partial charge in [0, 0.05) is 18.9 Å². The standard InChI is InChI=1S/C10H15ClN2O/c1-10(2,3)4-6-13-7-5-12-8(11)9(13)14/h5,7H,4,6H2,1-3H3. The molecule has 1 heterocycles. The van der Waals surface area contributed by atoms with Crippen molar-refractivity contribution in [3.63, 3.8) is 0 Å². The lowest BCUT2D eigenvalue weighted by atomic mass is 9.92. The Labute approximate surface area is 88.7 Å². The molecule has 1 rings (SSSR count). The molecule has 0 amide bonds. The van der Waals surface area contributed by atoms with E-state index in [0.717, 1.165) is 6.42 Å². The van der Waals surface area contributed by atoms with E-state index in [1.165, 1.54) is 0 Å². The Morgan fingerprint density at radius 2 is 2.14 bits per heavy atom. The Balaban J connectivity index is 2.78. The maximum atomic E-state index is 11.5. The van der Waals surface area contributed by atoms with Crippen LogP contribution in [0.4, 0.5) is 0 Å². The Morgan fingerprint density at radius 1 is 1.50 bits per heavy atom. The summed E-state index contributed by atoms with van der Waals surface area (Å²) in [5, 5.41) is 0.0430. The molecule has 0 bridgehead atoms. The monoisotopic (exact) mass is 214 g/mol. The topological polar surface area (TPSA) is 34.9 Å². The number of nitrogens with zero attached hydrogens (tertiary/aromatic N) is 2. The van der Waals surface area contributed by atoms with Crippen LogP contribution in [0.1, 0.15) is 27.2 Å². The van der Waals surface area contributed by atoms with Crippen LogP contribution in [0.3, 0.4) is 0 Å². The third-order valence-electron chi connectivity index (χ3n) is 1.97. The average molecular weight is 215 g/mol. The number of hydrogen-bond acceptors (Lipinski definition) is 2. The van der Waals surface area contributed by atoms with Crippen LogP contribution < -0.4 is 5.56 Å². The second-order valence-corrected chi connectivity index (χ2v) is 4.89. The summed E-state index contributed by atoms with van der Waals surface area (Å²) in [6, 6.07) is 0. The molecule has 0 aliphatic carbocycles. The number of hydrogen-bond donors (Lipinski definition) is 0. The molecular weight excluding hydrogens is 200 g/mol. The van der Waals surface area contributed by atoms with Gasteiger partial charge in [-0.25, -0.2) is 4.98 Å². The largest absolute Gasteiger partial charge is 0.311 e. The van der Waals surface area contributed by atoms with E-state index in [1.54, 1.807) is 17.0 Å². The Morgan fingerprint density at radius 3 is 2.71 bits per heavy atom. The van der Waals surface area contributed by atoms with Crippen molar-refractivity contribution in [1.29, 1.82) is 0 Å². The minimum atomic E-state index is -0.210. The van der Waals surface area contributed by atoms with Gasteiger partial charge in [0.1, 0.15) is 0 Å². The SMILES string of the molecule is CC(C)(C)CCn1ccnc(Cl)c1=O. The van der Waals surface area contributed by atoms with Crippen molar-refractivity contribution in [2.24, 2.45) is 5.41 Å². The molecule has 0 saturated heterocycles. The average Bonchev–Trinajstić information content (AvgIpc) is 2.06. The summed E-state index contributed by atoms with van der Waals surface area (Å²) in [7, 11) is 0. The maximum absolute atomic E-state index is 11.5. The van der Waals surface area contributed by atoms with Crippen molar-refractivity contribution in [1.82, 2.24) is 9.55 Å². The van der Waals surface area contributed by atoms with Gasteiger partial charge in [-0.15, -0.1) is 0 Å². The summed E-state index contributed by atoms with van der Waals surface area (Å²) in [5.74, 6) is 0. The smallest absolute Gasteiger partial charge is 0.288 e. The molecule has 1 aromatic rings. The molecular formula is C10H15ClN2O. The predicted octanol–water partition coefficient (Wildman–Crippen LogP) is 2.33. The van der Waals surface area contributed by atoms with Crippen LogP contribution in [-0.2, 0) is 6.54 Å². The molecule has 0 aliphatic rings. The van der Waals surface area contributed by atoms with Crippen LogP contribution in [0, 0.1) is 5.41 Å². The van der Waals surface area contributed by atoms with Crippen LogP contribution in [-0.4, -0.2) is 9.55 Å². The van der Waals surface area contributed by atoms with Crippen LogP contribution in [0.5, 0.6) is 0 Å². The van der Waals surface area contributed by atoms with E-state index < -0.39 is 0 Å². The van der Waals surface area contributed by atoms with Gasteiger partial charge in [0.15, 0.2) is 5.15 Å². The molecule has 0 spiro atoms. The minimum absolute atomic E-state index is 0.0430. The molecule has 0 saturated carbocycles. The zero-order valence-electron chi connectivity index (χ0n) is 8.75. The third-order valence-corrected chi connectivity index (χ3v) is 2.23. The number of rotatable bonds is 2. The second kappa shape index (κ2) is 4.13. The molecule has 4 heteroatoms. The van der Waals surface area contributed by atoms with Crippen molar-refractivity contribution in [3.8, 4) is 0 Å². The first kappa shape index (κ1) is 11.2. The van der Waals surface area contributed by atoms with E-state index in [-0.39, 0.29) is 16.1 Å². The van der Waals surface area contributed by atoms with Gasteiger partial charge in [0.05, 0.1) is 0 Å². The van der Waals surface area contributed by atoms with Crippen molar-refractivity contribution in [3.05, 3.63) is 27.9 Å². The molecule has 0 radical (unpaired) electrons. The second-order valence-electron chi connectivity index (χ2n) is 4.53. The van der Waals surface area contributed by atoms with Gasteiger partial charge in [-0.05, 0) is 11.8 Å². The highest BCUT2D eigenvalue weighted by molar-refractivity contribution is 6.29. The molecule has 14 heavy (non-hydrogen) atoms. The van der Waals surface area contributed by atoms with Gasteiger partial charge >= 0.3 is 0 Å². The molecule has 0 aromatic carbocycles. The van der Waals surface area contributed by atoms with Crippen molar-refractivity contribution >= 4 is 11.6 Å². The highest BCUT2D eigenvalue weighted by Gasteiger charge is 2.10. The molecule has 0 unspecified atom stereocenters. The lowest BCUT2D eigenvalue weighted by Gasteiger charge is -2.18. The summed E-state index contributed by atoms with van der Waals surface area (Å²) < 4.78 is 1.60. The fourth-order valence-corrected chi connectivity index (χ4v) is 1.22. The van der Waals surface area contributed by atoms with E-state index in [9.17, 15) is 4.79 Å². The zero-order chi connectivity index (χ0) is 10.8. The summed E-state index contributed by atoms with van der Waals surface area (Å²) in [5.41, 5.74) is 0.00765. The number of aromatic nitrogens is 2. The normalized spacial score (nSPS) is 11.7. The fourth-order valence-electron chi connectivity index (χ4n) is 1.05. The van der Waals surface area contributed by atoms with E-state index in [2.05, 4.69) is 25.8 Å². The van der Waals surface area contributed by atoms with Gasteiger partial charge in [-0.1, -0.05) is 32.4 Å². The van der Waals surface area contributed by atoms with Crippen molar-refractivity contribution in [2.75, 3.05) is 0 Å². The molecule has 0 fully saturated rings. The van der Waals surface area contributed by atoms with Crippen LogP contribution in [0.25, 0.3) is 0 Å². The van der Waals surface area contributed by atoms with E-state index in [1.807, 2.05) is 0 Å². The summed E-state index contributed by atoms with van der Waals surface area (Å²) in [6.45, 7) is 7.10. The van der Waals surface area contributed by atoms with Crippen LogP contribution >= 0.6 is 11.6 Å². The number of aryl methyl sites for hydroxylation is 1. The lowest BCUT2D eigenvalue weighted by molar-refractivity contribution is 0.347. The first-order valence-corrected chi connectivity index (χ1v) is 4.99. The van der Waals surface area contributed by atoms with Gasteiger partial charge in [-0.2, -0.15) is 0 Å². The Bertz CT molecular complexity index is 365. The van der Waals surface area contributed by atoms with Crippen molar-refractivity contribution in [2.45, 2.75) is 33.7 Å². The van der Waals surface area contributed by atoms with Crippen LogP contribution in [0.15, 0.2) is 17.2 Å². The lowest BCUT2D eigenvalue weighted by Crippen LogP contribution is -2.23. The van der Waals surface area contributed by atoms with Gasteiger partial charge < -0.3 is 4.57 Å². The Hall–Kier alpha value is -0.830. The molecule has 1 aromatic heterocycles.